The van der Waals surface area contributed by atoms with Gasteiger partial charge in [0.25, 0.3) is 0 Å². The fourth-order valence-corrected chi connectivity index (χ4v) is 2.97. The van der Waals surface area contributed by atoms with Crippen LogP contribution in [-0.2, 0) is 9.53 Å². The summed E-state index contributed by atoms with van der Waals surface area (Å²) in [5.74, 6) is 1.58. The number of cyclic esters (lactones) is 1. The van der Waals surface area contributed by atoms with Gasteiger partial charge < -0.3 is 18.9 Å². The monoisotopic (exact) mass is 417 g/mol. The van der Waals surface area contributed by atoms with Crippen LogP contribution in [0, 0.1) is 0 Å². The smallest absolute Gasteiger partial charge is 0.363 e. The Hall–Kier alpha value is -2.80. The predicted octanol–water partition coefficient (Wildman–Crippen LogP) is 3.82. The molecule has 1 heterocycles. The molecule has 7 heteroatoms. The van der Waals surface area contributed by atoms with E-state index >= 15 is 0 Å². The first kappa shape index (κ1) is 18.0. The van der Waals surface area contributed by atoms with Gasteiger partial charge in [0, 0.05) is 5.56 Å². The van der Waals surface area contributed by atoms with Gasteiger partial charge in [-0.2, -0.15) is 0 Å². The first-order chi connectivity index (χ1) is 12.5. The maximum Gasteiger partial charge on any atom is 0.363 e. The second-order valence-corrected chi connectivity index (χ2v) is 6.15. The standard InChI is InChI=1S/C19H16BrNO5/c1-23-15-7-5-12(10-13(15)20)18-21-14(19(22)26-18)8-11-4-6-16(24-2)17(9-11)25-3/h4-10H,1-3H3/b14-8-. The number of hydrogen-bond donors (Lipinski definition) is 0. The van der Waals surface area contributed by atoms with Crippen molar-refractivity contribution in [3.05, 3.63) is 57.7 Å². The van der Waals surface area contributed by atoms with Gasteiger partial charge in [0.2, 0.25) is 5.90 Å². The number of carbonyl (C=O) groups excluding carboxylic acids is 1. The van der Waals surface area contributed by atoms with Crippen molar-refractivity contribution >= 4 is 33.9 Å². The lowest BCUT2D eigenvalue weighted by molar-refractivity contribution is -0.129. The Morgan fingerprint density at radius 1 is 0.962 bits per heavy atom. The molecular weight excluding hydrogens is 402 g/mol. The van der Waals surface area contributed by atoms with Gasteiger partial charge in [0.15, 0.2) is 17.2 Å². The van der Waals surface area contributed by atoms with Crippen molar-refractivity contribution in [2.45, 2.75) is 0 Å². The Morgan fingerprint density at radius 3 is 2.31 bits per heavy atom. The summed E-state index contributed by atoms with van der Waals surface area (Å²) >= 11 is 3.41. The number of rotatable bonds is 5. The van der Waals surface area contributed by atoms with Crippen molar-refractivity contribution in [2.24, 2.45) is 4.99 Å². The van der Waals surface area contributed by atoms with Crippen LogP contribution in [0.15, 0.2) is 51.6 Å². The van der Waals surface area contributed by atoms with E-state index in [1.54, 1.807) is 63.8 Å². The molecule has 1 aliphatic rings. The van der Waals surface area contributed by atoms with Crippen molar-refractivity contribution in [2.75, 3.05) is 21.3 Å². The fraction of sp³-hybridized carbons (Fsp3) is 0.158. The molecule has 0 atom stereocenters. The van der Waals surface area contributed by atoms with Crippen molar-refractivity contribution in [1.82, 2.24) is 0 Å². The molecule has 0 N–H and O–H groups in total. The normalized spacial score (nSPS) is 14.8. The van der Waals surface area contributed by atoms with E-state index in [2.05, 4.69) is 20.9 Å². The third-order valence-corrected chi connectivity index (χ3v) is 4.35. The van der Waals surface area contributed by atoms with Gasteiger partial charge >= 0.3 is 5.97 Å². The maximum absolute atomic E-state index is 12.2. The molecule has 0 aromatic heterocycles. The maximum atomic E-state index is 12.2. The highest BCUT2D eigenvalue weighted by atomic mass is 79.9. The number of aliphatic imine (C=N–C) groups is 1. The molecule has 0 spiro atoms. The summed E-state index contributed by atoms with van der Waals surface area (Å²) in [6, 6.07) is 10.7. The number of esters is 1. The first-order valence-corrected chi connectivity index (χ1v) is 8.43. The fourth-order valence-electron chi connectivity index (χ4n) is 2.43. The quantitative estimate of drug-likeness (QED) is 0.546. The highest BCUT2D eigenvalue weighted by Crippen LogP contribution is 2.30. The molecule has 0 amide bonds. The summed E-state index contributed by atoms with van der Waals surface area (Å²) in [6.07, 6.45) is 1.63. The van der Waals surface area contributed by atoms with Crippen LogP contribution in [0.4, 0.5) is 0 Å². The number of methoxy groups -OCH3 is 3. The van der Waals surface area contributed by atoms with Gasteiger partial charge in [0.1, 0.15) is 5.75 Å². The average molecular weight is 418 g/mol. The summed E-state index contributed by atoms with van der Waals surface area (Å²) in [6.45, 7) is 0. The van der Waals surface area contributed by atoms with Crippen LogP contribution < -0.4 is 14.2 Å². The van der Waals surface area contributed by atoms with Crippen LogP contribution in [0.2, 0.25) is 0 Å². The second-order valence-electron chi connectivity index (χ2n) is 5.30. The van der Waals surface area contributed by atoms with Crippen molar-refractivity contribution in [3.8, 4) is 17.2 Å². The molecule has 0 unspecified atom stereocenters. The second kappa shape index (κ2) is 7.61. The molecule has 1 aliphatic heterocycles. The Labute approximate surface area is 159 Å². The molecule has 0 aliphatic carbocycles. The number of nitrogens with zero attached hydrogens (tertiary/aromatic N) is 1. The van der Waals surface area contributed by atoms with Crippen LogP contribution in [0.25, 0.3) is 6.08 Å². The number of ether oxygens (including phenoxy) is 4. The summed E-state index contributed by atoms with van der Waals surface area (Å²) in [5.41, 5.74) is 1.62. The zero-order valence-corrected chi connectivity index (χ0v) is 16.0. The SMILES string of the molecule is COc1ccc(C2=N/C(=C\c3ccc(OC)c(OC)c3)C(=O)O2)cc1Br. The molecule has 26 heavy (non-hydrogen) atoms. The minimum atomic E-state index is -0.512. The van der Waals surface area contributed by atoms with E-state index in [1.807, 2.05) is 0 Å². The summed E-state index contributed by atoms with van der Waals surface area (Å²) < 4.78 is 21.7. The largest absolute Gasteiger partial charge is 0.496 e. The Bertz CT molecular complexity index is 920. The van der Waals surface area contributed by atoms with Gasteiger partial charge in [0.05, 0.1) is 25.8 Å². The summed E-state index contributed by atoms with van der Waals surface area (Å²) in [4.78, 5) is 16.5. The molecule has 0 radical (unpaired) electrons. The van der Waals surface area contributed by atoms with E-state index in [-0.39, 0.29) is 11.6 Å². The number of benzene rings is 2. The summed E-state index contributed by atoms with van der Waals surface area (Å²) in [7, 11) is 4.70. The number of halogens is 1. The first-order valence-electron chi connectivity index (χ1n) is 7.64. The molecule has 3 rings (SSSR count). The summed E-state index contributed by atoms with van der Waals surface area (Å²) in [5, 5.41) is 0. The lowest BCUT2D eigenvalue weighted by Gasteiger charge is -2.07. The van der Waals surface area contributed by atoms with E-state index < -0.39 is 5.97 Å². The van der Waals surface area contributed by atoms with Gasteiger partial charge in [-0.15, -0.1) is 0 Å². The van der Waals surface area contributed by atoms with Crippen LogP contribution >= 0.6 is 15.9 Å². The van der Waals surface area contributed by atoms with Crippen molar-refractivity contribution in [3.63, 3.8) is 0 Å². The van der Waals surface area contributed by atoms with Crippen LogP contribution in [-0.4, -0.2) is 33.2 Å². The molecule has 134 valence electrons. The number of carbonyl (C=O) groups is 1. The molecule has 2 aromatic carbocycles. The molecule has 0 fully saturated rings. The van der Waals surface area contributed by atoms with E-state index in [9.17, 15) is 4.79 Å². The lowest BCUT2D eigenvalue weighted by atomic mass is 10.1. The van der Waals surface area contributed by atoms with Crippen molar-refractivity contribution in [1.29, 1.82) is 0 Å². The minimum absolute atomic E-state index is 0.208. The van der Waals surface area contributed by atoms with E-state index in [0.29, 0.717) is 22.8 Å². The van der Waals surface area contributed by atoms with Crippen molar-refractivity contribution < 1.29 is 23.7 Å². The van der Waals surface area contributed by atoms with E-state index in [1.165, 1.54) is 0 Å². The Kier molecular flexibility index (Phi) is 5.27. The van der Waals surface area contributed by atoms with E-state index in [4.69, 9.17) is 18.9 Å². The Morgan fingerprint density at radius 2 is 1.65 bits per heavy atom. The topological polar surface area (TPSA) is 66.3 Å². The minimum Gasteiger partial charge on any atom is -0.496 e. The number of hydrogen-bond acceptors (Lipinski definition) is 6. The van der Waals surface area contributed by atoms with Crippen LogP contribution in [0.1, 0.15) is 11.1 Å². The van der Waals surface area contributed by atoms with Gasteiger partial charge in [-0.1, -0.05) is 6.07 Å². The van der Waals surface area contributed by atoms with Crippen LogP contribution in [0.3, 0.4) is 0 Å². The average Bonchev–Trinajstić information content (AvgIpc) is 3.02. The lowest BCUT2D eigenvalue weighted by Crippen LogP contribution is -2.05. The van der Waals surface area contributed by atoms with Crippen LogP contribution in [0.5, 0.6) is 17.2 Å². The molecule has 0 saturated heterocycles. The molecule has 6 nitrogen and oxygen atoms in total. The van der Waals surface area contributed by atoms with Gasteiger partial charge in [-0.05, 0) is 57.9 Å². The third-order valence-electron chi connectivity index (χ3n) is 3.73. The highest BCUT2D eigenvalue weighted by Gasteiger charge is 2.24. The van der Waals surface area contributed by atoms with Gasteiger partial charge in [-0.25, -0.2) is 9.79 Å². The molecule has 0 saturated carbocycles. The molecular formula is C19H16BrNO5. The molecule has 2 aromatic rings. The predicted molar refractivity (Wildman–Crippen MR) is 101 cm³/mol. The zero-order chi connectivity index (χ0) is 18.7. The van der Waals surface area contributed by atoms with E-state index in [0.717, 1.165) is 10.0 Å². The highest BCUT2D eigenvalue weighted by molar-refractivity contribution is 9.10. The Balaban J connectivity index is 1.93. The van der Waals surface area contributed by atoms with Gasteiger partial charge in [-0.3, -0.25) is 0 Å². The zero-order valence-electron chi connectivity index (χ0n) is 14.4. The third kappa shape index (κ3) is 3.57. The molecule has 0 bridgehead atoms.